The molecule has 1 atom stereocenters. The fourth-order valence-electron chi connectivity index (χ4n) is 2.10. The van der Waals surface area contributed by atoms with Gasteiger partial charge in [0.2, 0.25) is 0 Å². The van der Waals surface area contributed by atoms with Crippen LogP contribution in [0.15, 0.2) is 21.2 Å². The summed E-state index contributed by atoms with van der Waals surface area (Å²) in [6.45, 7) is 1.54. The Morgan fingerprint density at radius 1 is 1.56 bits per heavy atom. The van der Waals surface area contributed by atoms with Gasteiger partial charge in [-0.05, 0) is 53.1 Å². The van der Waals surface area contributed by atoms with Gasteiger partial charge in [-0.15, -0.1) is 0 Å². The molecule has 3 heterocycles. The predicted octanol–water partition coefficient (Wildman–Crippen LogP) is 3.14. The third-order valence-electron chi connectivity index (χ3n) is 2.96. The number of nitrogens with one attached hydrogen (secondary N) is 1. The molecule has 1 aliphatic heterocycles. The summed E-state index contributed by atoms with van der Waals surface area (Å²) in [5, 5.41) is 7.02. The summed E-state index contributed by atoms with van der Waals surface area (Å²) in [7, 11) is 0. The molecule has 2 aromatic heterocycles. The Morgan fingerprint density at radius 2 is 2.44 bits per heavy atom. The normalized spacial score (nSPS) is 19.5. The molecule has 5 nitrogen and oxygen atoms in total. The van der Waals surface area contributed by atoms with Crippen LogP contribution in [0.2, 0.25) is 0 Å². The first-order chi connectivity index (χ1) is 8.74. The zero-order valence-electron chi connectivity index (χ0n) is 9.56. The fraction of sp³-hybridized carbons (Fsp3) is 0.455. The van der Waals surface area contributed by atoms with Gasteiger partial charge in [0.25, 0.3) is 0 Å². The molecule has 0 spiro atoms. The minimum Gasteiger partial charge on any atom is -0.446 e. The van der Waals surface area contributed by atoms with Crippen LogP contribution in [0.1, 0.15) is 12.8 Å². The molecule has 1 fully saturated rings. The van der Waals surface area contributed by atoms with E-state index in [1.807, 2.05) is 16.7 Å². The minimum atomic E-state index is 0.214. The summed E-state index contributed by atoms with van der Waals surface area (Å²) in [5.41, 5.74) is 0. The molecule has 3 rings (SSSR count). The zero-order chi connectivity index (χ0) is 12.5. The molecular weight excluding hydrogens is 318 g/mol. The number of aromatic amines is 1. The van der Waals surface area contributed by atoms with Gasteiger partial charge in [-0.3, -0.25) is 9.67 Å². The van der Waals surface area contributed by atoms with Crippen molar-refractivity contribution in [2.75, 3.05) is 6.61 Å². The summed E-state index contributed by atoms with van der Waals surface area (Å²) in [5.74, 6) is 1.40. The third-order valence-corrected chi connectivity index (χ3v) is 3.70. The van der Waals surface area contributed by atoms with Crippen molar-refractivity contribution in [2.45, 2.75) is 25.5 Å². The summed E-state index contributed by atoms with van der Waals surface area (Å²) in [6.07, 6.45) is 2.39. The lowest BCUT2D eigenvalue weighted by molar-refractivity contribution is 0.0969. The maximum absolute atomic E-state index is 5.63. The highest BCUT2D eigenvalue weighted by molar-refractivity contribution is 9.10. The maximum atomic E-state index is 5.63. The van der Waals surface area contributed by atoms with Crippen molar-refractivity contribution >= 4 is 28.1 Å². The van der Waals surface area contributed by atoms with Crippen molar-refractivity contribution in [2.24, 2.45) is 0 Å². The summed E-state index contributed by atoms with van der Waals surface area (Å²) in [4.78, 5) is 0. The highest BCUT2D eigenvalue weighted by Crippen LogP contribution is 2.25. The third kappa shape index (κ3) is 2.30. The molecular formula is C11H12BrN3O2S. The Bertz CT molecular complexity index is 597. The van der Waals surface area contributed by atoms with Gasteiger partial charge in [0.05, 0.1) is 12.6 Å². The van der Waals surface area contributed by atoms with E-state index < -0.39 is 0 Å². The first-order valence-corrected chi connectivity index (χ1v) is 6.96. The van der Waals surface area contributed by atoms with E-state index in [1.54, 1.807) is 0 Å². The molecule has 0 aromatic carbocycles. The van der Waals surface area contributed by atoms with Crippen LogP contribution in [0.3, 0.4) is 0 Å². The van der Waals surface area contributed by atoms with Crippen LogP contribution in [0.5, 0.6) is 0 Å². The van der Waals surface area contributed by atoms with Gasteiger partial charge in [0, 0.05) is 6.61 Å². The molecule has 0 aliphatic carbocycles. The number of halogens is 1. The molecule has 1 saturated heterocycles. The first kappa shape index (κ1) is 12.1. The van der Waals surface area contributed by atoms with Crippen molar-refractivity contribution in [3.8, 4) is 11.6 Å². The lowest BCUT2D eigenvalue weighted by atomic mass is 10.2. The molecule has 0 bridgehead atoms. The van der Waals surface area contributed by atoms with Gasteiger partial charge in [-0.25, -0.2) is 0 Å². The maximum Gasteiger partial charge on any atom is 0.198 e. The number of aromatic nitrogens is 3. The topological polar surface area (TPSA) is 56.0 Å². The van der Waals surface area contributed by atoms with E-state index >= 15 is 0 Å². The molecule has 0 amide bonds. The van der Waals surface area contributed by atoms with E-state index in [0.717, 1.165) is 19.4 Å². The van der Waals surface area contributed by atoms with Crippen LogP contribution in [-0.4, -0.2) is 27.5 Å². The van der Waals surface area contributed by atoms with Crippen molar-refractivity contribution in [3.05, 3.63) is 21.6 Å². The standard InChI is InChI=1S/C11H12BrN3O2S/c12-9-4-3-8(17-9)10-13-14-11(18)15(10)6-7-2-1-5-16-7/h3-4,7H,1-2,5-6H2,(H,14,18)/t7-/m1/s1. The number of ether oxygens (including phenoxy) is 1. The van der Waals surface area contributed by atoms with Gasteiger partial charge >= 0.3 is 0 Å². The molecule has 0 radical (unpaired) electrons. The molecule has 1 N–H and O–H groups in total. The highest BCUT2D eigenvalue weighted by atomic mass is 79.9. The molecule has 96 valence electrons. The summed E-state index contributed by atoms with van der Waals surface area (Å²) < 4.78 is 14.3. The largest absolute Gasteiger partial charge is 0.446 e. The number of rotatable bonds is 3. The smallest absolute Gasteiger partial charge is 0.198 e. The van der Waals surface area contributed by atoms with Gasteiger partial charge < -0.3 is 9.15 Å². The zero-order valence-corrected chi connectivity index (χ0v) is 12.0. The Kier molecular flexibility index (Phi) is 3.36. The number of hydrogen-bond acceptors (Lipinski definition) is 4. The van der Waals surface area contributed by atoms with Crippen molar-refractivity contribution < 1.29 is 9.15 Å². The van der Waals surface area contributed by atoms with Gasteiger partial charge in [0.1, 0.15) is 0 Å². The minimum absolute atomic E-state index is 0.214. The molecule has 0 unspecified atom stereocenters. The van der Waals surface area contributed by atoms with E-state index in [2.05, 4.69) is 26.1 Å². The van der Waals surface area contributed by atoms with Crippen LogP contribution in [0.4, 0.5) is 0 Å². The number of nitrogens with zero attached hydrogens (tertiary/aromatic N) is 2. The van der Waals surface area contributed by atoms with Gasteiger partial charge in [0.15, 0.2) is 21.0 Å². The monoisotopic (exact) mass is 329 g/mol. The average molecular weight is 330 g/mol. The molecule has 7 heteroatoms. The van der Waals surface area contributed by atoms with Gasteiger partial charge in [-0.2, -0.15) is 5.10 Å². The van der Waals surface area contributed by atoms with Crippen LogP contribution in [0.25, 0.3) is 11.6 Å². The Hall–Kier alpha value is -0.920. The number of hydrogen-bond donors (Lipinski definition) is 1. The van der Waals surface area contributed by atoms with E-state index in [9.17, 15) is 0 Å². The van der Waals surface area contributed by atoms with Gasteiger partial charge in [-0.1, -0.05) is 0 Å². The molecule has 18 heavy (non-hydrogen) atoms. The number of H-pyrrole nitrogens is 1. The summed E-state index contributed by atoms with van der Waals surface area (Å²) >= 11 is 8.53. The second-order valence-electron chi connectivity index (χ2n) is 4.20. The quantitative estimate of drug-likeness (QED) is 0.879. The van der Waals surface area contributed by atoms with Crippen LogP contribution >= 0.6 is 28.1 Å². The van der Waals surface area contributed by atoms with E-state index in [-0.39, 0.29) is 6.10 Å². The van der Waals surface area contributed by atoms with E-state index in [1.165, 1.54) is 0 Å². The summed E-state index contributed by atoms with van der Waals surface area (Å²) in [6, 6.07) is 3.70. The second-order valence-corrected chi connectivity index (χ2v) is 5.37. The fourth-order valence-corrected chi connectivity index (χ4v) is 2.61. The van der Waals surface area contributed by atoms with Crippen molar-refractivity contribution in [1.82, 2.24) is 14.8 Å². The Balaban J connectivity index is 1.93. The number of furan rings is 1. The van der Waals surface area contributed by atoms with E-state index in [0.29, 0.717) is 27.6 Å². The van der Waals surface area contributed by atoms with E-state index in [4.69, 9.17) is 21.4 Å². The lowest BCUT2D eigenvalue weighted by Crippen LogP contribution is -2.15. The first-order valence-electron chi connectivity index (χ1n) is 5.76. The lowest BCUT2D eigenvalue weighted by Gasteiger charge is -2.11. The SMILES string of the molecule is S=c1[nH]nc(-c2ccc(Br)o2)n1C[C@H]1CCCO1. The second kappa shape index (κ2) is 4.99. The average Bonchev–Trinajstić information content (AvgIpc) is 3.04. The van der Waals surface area contributed by atoms with Crippen LogP contribution < -0.4 is 0 Å². The predicted molar refractivity (Wildman–Crippen MR) is 71.8 cm³/mol. The molecule has 2 aromatic rings. The molecule has 0 saturated carbocycles. The molecule has 1 aliphatic rings. The van der Waals surface area contributed by atoms with Crippen LogP contribution in [0, 0.1) is 4.77 Å². The highest BCUT2D eigenvalue weighted by Gasteiger charge is 2.20. The van der Waals surface area contributed by atoms with Crippen LogP contribution in [-0.2, 0) is 11.3 Å². The van der Waals surface area contributed by atoms with Crippen molar-refractivity contribution in [3.63, 3.8) is 0 Å². The van der Waals surface area contributed by atoms with Crippen molar-refractivity contribution in [1.29, 1.82) is 0 Å². The Labute approximate surface area is 117 Å². The Morgan fingerprint density at radius 3 is 3.11 bits per heavy atom.